The summed E-state index contributed by atoms with van der Waals surface area (Å²) in [5, 5.41) is 3.41. The van der Waals surface area contributed by atoms with Crippen molar-refractivity contribution in [1.82, 2.24) is 5.32 Å². The van der Waals surface area contributed by atoms with E-state index in [0.717, 1.165) is 44.9 Å². The Morgan fingerprint density at radius 3 is 2.53 bits per heavy atom. The Bertz CT molecular complexity index is 378. The Morgan fingerprint density at radius 1 is 1.05 bits per heavy atom. The van der Waals surface area contributed by atoms with Crippen LogP contribution in [0.5, 0.6) is 5.75 Å². The first-order valence-corrected chi connectivity index (χ1v) is 7.47. The molecule has 1 unspecified atom stereocenters. The highest BCUT2D eigenvalue weighted by Crippen LogP contribution is 2.27. The quantitative estimate of drug-likeness (QED) is 0.907. The van der Waals surface area contributed by atoms with Crippen LogP contribution in [-0.2, 0) is 4.74 Å². The third-order valence-corrected chi connectivity index (χ3v) is 4.11. The Balaban J connectivity index is 1.58. The van der Waals surface area contributed by atoms with Crippen LogP contribution in [-0.4, -0.2) is 32.4 Å². The molecular weight excluding hydrogens is 238 g/mol. The normalized spacial score (nSPS) is 25.2. The van der Waals surface area contributed by atoms with Crippen molar-refractivity contribution in [2.75, 3.05) is 26.3 Å². The fourth-order valence-electron chi connectivity index (χ4n) is 2.97. The molecule has 0 radical (unpaired) electrons. The molecule has 0 bridgehead atoms. The minimum atomic E-state index is 0.235. The molecular formula is C16H23NO2. The highest BCUT2D eigenvalue weighted by atomic mass is 16.5. The first-order chi connectivity index (χ1) is 9.42. The molecule has 0 aliphatic carbocycles. The summed E-state index contributed by atoms with van der Waals surface area (Å²) in [5.41, 5.74) is 1.45. The number of piperidine rings is 1. The molecule has 2 heterocycles. The summed E-state index contributed by atoms with van der Waals surface area (Å²) in [7, 11) is 0. The van der Waals surface area contributed by atoms with E-state index in [1.165, 1.54) is 18.4 Å². The third kappa shape index (κ3) is 3.48. The van der Waals surface area contributed by atoms with Crippen LogP contribution < -0.4 is 10.1 Å². The zero-order valence-corrected chi connectivity index (χ0v) is 11.4. The predicted molar refractivity (Wildman–Crippen MR) is 75.8 cm³/mol. The van der Waals surface area contributed by atoms with Gasteiger partial charge in [-0.25, -0.2) is 0 Å². The van der Waals surface area contributed by atoms with Gasteiger partial charge in [-0.15, -0.1) is 0 Å². The van der Waals surface area contributed by atoms with Crippen LogP contribution in [0, 0.1) is 0 Å². The van der Waals surface area contributed by atoms with E-state index in [2.05, 4.69) is 29.6 Å². The molecule has 3 heteroatoms. The fourth-order valence-corrected chi connectivity index (χ4v) is 2.97. The van der Waals surface area contributed by atoms with Crippen molar-refractivity contribution in [2.45, 2.75) is 37.7 Å². The van der Waals surface area contributed by atoms with Gasteiger partial charge in [-0.1, -0.05) is 12.1 Å². The van der Waals surface area contributed by atoms with E-state index in [9.17, 15) is 0 Å². The number of rotatable bonds is 3. The van der Waals surface area contributed by atoms with E-state index >= 15 is 0 Å². The maximum Gasteiger partial charge on any atom is 0.122 e. The van der Waals surface area contributed by atoms with E-state index in [0.29, 0.717) is 5.92 Å². The summed E-state index contributed by atoms with van der Waals surface area (Å²) in [6.45, 7) is 3.90. The van der Waals surface area contributed by atoms with Crippen molar-refractivity contribution in [3.8, 4) is 5.75 Å². The summed E-state index contributed by atoms with van der Waals surface area (Å²) in [4.78, 5) is 0. The molecule has 1 N–H and O–H groups in total. The molecule has 104 valence electrons. The van der Waals surface area contributed by atoms with Crippen molar-refractivity contribution in [1.29, 1.82) is 0 Å². The van der Waals surface area contributed by atoms with Crippen molar-refractivity contribution in [2.24, 2.45) is 0 Å². The summed E-state index contributed by atoms with van der Waals surface area (Å²) >= 11 is 0. The van der Waals surface area contributed by atoms with Gasteiger partial charge in [0.25, 0.3) is 0 Å². The second-order valence-electron chi connectivity index (χ2n) is 5.55. The molecule has 0 spiro atoms. The Kier molecular flexibility index (Phi) is 4.36. The summed E-state index contributed by atoms with van der Waals surface area (Å²) in [6, 6.07) is 8.70. The van der Waals surface area contributed by atoms with Gasteiger partial charge in [0.2, 0.25) is 0 Å². The van der Waals surface area contributed by atoms with Gasteiger partial charge in [-0.2, -0.15) is 0 Å². The lowest BCUT2D eigenvalue weighted by Gasteiger charge is -2.25. The molecule has 0 saturated carbocycles. The zero-order valence-electron chi connectivity index (χ0n) is 11.4. The van der Waals surface area contributed by atoms with Gasteiger partial charge in [0, 0.05) is 6.61 Å². The fraction of sp³-hybridized carbons (Fsp3) is 0.625. The lowest BCUT2D eigenvalue weighted by atomic mass is 9.90. The van der Waals surface area contributed by atoms with E-state index in [4.69, 9.17) is 9.47 Å². The molecule has 19 heavy (non-hydrogen) atoms. The van der Waals surface area contributed by atoms with Crippen LogP contribution in [0.4, 0.5) is 0 Å². The van der Waals surface area contributed by atoms with Gasteiger partial charge in [-0.3, -0.25) is 0 Å². The smallest absolute Gasteiger partial charge is 0.122 e. The number of nitrogens with one attached hydrogen (secondary N) is 1. The Labute approximate surface area is 115 Å². The predicted octanol–water partition coefficient (Wildman–Crippen LogP) is 2.71. The van der Waals surface area contributed by atoms with Crippen LogP contribution in [0.3, 0.4) is 0 Å². The average molecular weight is 261 g/mol. The lowest BCUT2D eigenvalue weighted by molar-refractivity contribution is 0.00742. The molecule has 2 aliphatic heterocycles. The first-order valence-electron chi connectivity index (χ1n) is 7.47. The second kappa shape index (κ2) is 6.40. The van der Waals surface area contributed by atoms with Crippen molar-refractivity contribution in [3.05, 3.63) is 29.8 Å². The van der Waals surface area contributed by atoms with Gasteiger partial charge in [-0.05, 0) is 62.4 Å². The molecule has 0 aromatic heterocycles. The monoisotopic (exact) mass is 261 g/mol. The van der Waals surface area contributed by atoms with Gasteiger partial charge in [0.05, 0.1) is 6.61 Å². The molecule has 1 aromatic carbocycles. The molecule has 1 aromatic rings. The van der Waals surface area contributed by atoms with Crippen molar-refractivity contribution in [3.63, 3.8) is 0 Å². The van der Waals surface area contributed by atoms with Crippen LogP contribution in [0.15, 0.2) is 24.3 Å². The largest absolute Gasteiger partial charge is 0.488 e. The van der Waals surface area contributed by atoms with Crippen LogP contribution in [0.2, 0.25) is 0 Å². The average Bonchev–Trinajstić information content (AvgIpc) is 2.50. The molecule has 2 fully saturated rings. The molecule has 3 nitrogen and oxygen atoms in total. The summed E-state index contributed by atoms with van der Waals surface area (Å²) < 4.78 is 11.4. The van der Waals surface area contributed by atoms with E-state index in [1.54, 1.807) is 0 Å². The maximum atomic E-state index is 5.96. The van der Waals surface area contributed by atoms with Crippen molar-refractivity contribution < 1.29 is 9.47 Å². The lowest BCUT2D eigenvalue weighted by Crippen LogP contribution is -2.28. The molecule has 0 amide bonds. The van der Waals surface area contributed by atoms with E-state index in [1.807, 2.05) is 0 Å². The minimum absolute atomic E-state index is 0.235. The number of ether oxygens (including phenoxy) is 2. The SMILES string of the molecule is c1cc(C2CCNCC2)ccc1OC1CCCOC1. The van der Waals surface area contributed by atoms with Crippen LogP contribution in [0.1, 0.15) is 37.2 Å². The number of benzene rings is 1. The highest BCUT2D eigenvalue weighted by molar-refractivity contribution is 5.30. The van der Waals surface area contributed by atoms with Crippen molar-refractivity contribution >= 4 is 0 Å². The Morgan fingerprint density at radius 2 is 1.84 bits per heavy atom. The zero-order chi connectivity index (χ0) is 12.9. The van der Waals surface area contributed by atoms with Gasteiger partial charge < -0.3 is 14.8 Å². The van der Waals surface area contributed by atoms with Crippen LogP contribution in [0.25, 0.3) is 0 Å². The minimum Gasteiger partial charge on any atom is -0.488 e. The maximum absolute atomic E-state index is 5.96. The van der Waals surface area contributed by atoms with E-state index in [-0.39, 0.29) is 6.10 Å². The number of hydrogen-bond donors (Lipinski definition) is 1. The highest BCUT2D eigenvalue weighted by Gasteiger charge is 2.17. The molecule has 2 saturated heterocycles. The molecule has 3 rings (SSSR count). The standard InChI is InChI=1S/C16H23NO2/c1-2-16(12-18-11-1)19-15-5-3-13(4-6-15)14-7-9-17-10-8-14/h3-6,14,16-17H,1-2,7-12H2. The molecule has 1 atom stereocenters. The Hall–Kier alpha value is -1.06. The first kappa shape index (κ1) is 12.9. The van der Waals surface area contributed by atoms with Gasteiger partial charge in [0.15, 0.2) is 0 Å². The third-order valence-electron chi connectivity index (χ3n) is 4.11. The van der Waals surface area contributed by atoms with E-state index < -0.39 is 0 Å². The second-order valence-corrected chi connectivity index (χ2v) is 5.55. The van der Waals surface area contributed by atoms with Gasteiger partial charge >= 0.3 is 0 Å². The molecule has 2 aliphatic rings. The number of hydrogen-bond acceptors (Lipinski definition) is 3. The summed E-state index contributed by atoms with van der Waals surface area (Å²) in [6.07, 6.45) is 4.94. The topological polar surface area (TPSA) is 30.5 Å². The van der Waals surface area contributed by atoms with Gasteiger partial charge in [0.1, 0.15) is 11.9 Å². The summed E-state index contributed by atoms with van der Waals surface area (Å²) in [5.74, 6) is 1.70. The van der Waals surface area contributed by atoms with Crippen LogP contribution >= 0.6 is 0 Å².